The van der Waals surface area contributed by atoms with Crippen molar-refractivity contribution in [1.29, 1.82) is 0 Å². The first kappa shape index (κ1) is 23.1. The third kappa shape index (κ3) is 22.2. The average molecular weight is 334 g/mol. The van der Waals surface area contributed by atoms with Gasteiger partial charge in [0.1, 0.15) is 0 Å². The zero-order chi connectivity index (χ0) is 18.1. The van der Waals surface area contributed by atoms with Crippen LogP contribution >= 0.6 is 0 Å². The molecule has 0 unspecified atom stereocenters. The summed E-state index contributed by atoms with van der Waals surface area (Å²) in [6, 6.07) is 0. The van der Waals surface area contributed by atoms with Crippen LogP contribution in [0.1, 0.15) is 57.8 Å². The maximum absolute atomic E-state index is 10.6. The molecule has 0 aromatic rings. The summed E-state index contributed by atoms with van der Waals surface area (Å²) in [6.45, 7) is 0. The van der Waals surface area contributed by atoms with Crippen LogP contribution in [0.3, 0.4) is 0 Å². The van der Waals surface area contributed by atoms with Gasteiger partial charge < -0.3 is 10.2 Å². The quantitative estimate of drug-likeness (QED) is 0.128. The number of amides is 2. The van der Waals surface area contributed by atoms with Crippen LogP contribution in [-0.2, 0) is 19.2 Å². The second-order valence-corrected chi connectivity index (χ2v) is 4.69. The van der Waals surface area contributed by atoms with Gasteiger partial charge in [-0.3, -0.25) is 30.0 Å². The van der Waals surface area contributed by atoms with Crippen molar-refractivity contribution in [3.8, 4) is 0 Å². The minimum Gasteiger partial charge on any atom is -0.481 e. The number of aliphatic carboxylic acids is 2. The molecule has 8 N–H and O–H groups in total. The fourth-order valence-electron chi connectivity index (χ4n) is 1.44. The molecule has 10 heteroatoms. The van der Waals surface area contributed by atoms with Crippen molar-refractivity contribution in [2.75, 3.05) is 0 Å². The minimum absolute atomic E-state index is 0.139. The Balaban J connectivity index is 0. The summed E-state index contributed by atoms with van der Waals surface area (Å²) in [5.41, 5.74) is 4.01. The lowest BCUT2D eigenvalue weighted by molar-refractivity contribution is -0.137. The van der Waals surface area contributed by atoms with Gasteiger partial charge in [0.2, 0.25) is 11.8 Å². The molecule has 0 radical (unpaired) electrons. The van der Waals surface area contributed by atoms with E-state index >= 15 is 0 Å². The first-order chi connectivity index (χ1) is 10.8. The number of unbranched alkanes of at least 4 members (excludes halogenated alkanes) is 3. The van der Waals surface area contributed by atoms with Gasteiger partial charge >= 0.3 is 11.9 Å². The lowest BCUT2D eigenvalue weighted by Crippen LogP contribution is -2.30. The Hall–Kier alpha value is -2.20. The predicted octanol–water partition coefficient (Wildman–Crippen LogP) is -0.367. The smallest absolute Gasteiger partial charge is 0.303 e. The van der Waals surface area contributed by atoms with Gasteiger partial charge in [-0.2, -0.15) is 0 Å². The molecule has 134 valence electrons. The molecule has 0 saturated heterocycles. The molecular weight excluding hydrogens is 308 g/mol. The number of carboxylic acids is 2. The van der Waals surface area contributed by atoms with E-state index in [1.807, 2.05) is 10.9 Å². The van der Waals surface area contributed by atoms with Crippen LogP contribution in [0, 0.1) is 0 Å². The number of rotatable bonds is 11. The first-order valence-corrected chi connectivity index (χ1v) is 7.26. The summed E-state index contributed by atoms with van der Waals surface area (Å²) >= 11 is 0. The van der Waals surface area contributed by atoms with E-state index in [1.54, 1.807) is 0 Å². The standard InChI is InChI=1S/C7H12O4.C6H14N4O2/c8-6(9)4-2-1-3-5-7(10)11;7-9-5(11)3-1-2-4-6(12)10-8/h1-5H2,(H,8,9)(H,10,11);1-4,7-8H2,(H,9,11)(H,10,12). The molecule has 23 heavy (non-hydrogen) atoms. The predicted molar refractivity (Wildman–Crippen MR) is 81.5 cm³/mol. The Morgan fingerprint density at radius 2 is 0.913 bits per heavy atom. The molecule has 0 spiro atoms. The highest BCUT2D eigenvalue weighted by atomic mass is 16.4. The molecule has 0 atom stereocenters. The molecule has 0 aliphatic heterocycles. The van der Waals surface area contributed by atoms with Gasteiger partial charge in [-0.1, -0.05) is 6.42 Å². The number of hydrogen-bond donors (Lipinski definition) is 6. The summed E-state index contributed by atoms with van der Waals surface area (Å²) in [5.74, 6) is 7.61. The third-order valence-electron chi connectivity index (χ3n) is 2.66. The van der Waals surface area contributed by atoms with Crippen molar-refractivity contribution < 1.29 is 29.4 Å². The Morgan fingerprint density at radius 1 is 0.609 bits per heavy atom. The number of hydrogen-bond acceptors (Lipinski definition) is 6. The Morgan fingerprint density at radius 3 is 1.17 bits per heavy atom. The van der Waals surface area contributed by atoms with Crippen molar-refractivity contribution in [2.24, 2.45) is 11.7 Å². The van der Waals surface area contributed by atoms with Gasteiger partial charge in [-0.25, -0.2) is 11.7 Å². The summed E-state index contributed by atoms with van der Waals surface area (Å²) in [5, 5.41) is 16.4. The summed E-state index contributed by atoms with van der Waals surface area (Å²) < 4.78 is 0. The maximum Gasteiger partial charge on any atom is 0.303 e. The van der Waals surface area contributed by atoms with E-state index in [0.717, 1.165) is 0 Å². The lowest BCUT2D eigenvalue weighted by atomic mass is 10.1. The summed E-state index contributed by atoms with van der Waals surface area (Å²) in [4.78, 5) is 41.1. The van der Waals surface area contributed by atoms with Gasteiger partial charge in [-0.05, 0) is 25.7 Å². The number of carbonyl (C=O) groups is 4. The van der Waals surface area contributed by atoms with Gasteiger partial charge in [-0.15, -0.1) is 0 Å². The maximum atomic E-state index is 10.6. The number of hydrazine groups is 2. The van der Waals surface area contributed by atoms with Crippen LogP contribution in [0.5, 0.6) is 0 Å². The van der Waals surface area contributed by atoms with Crippen molar-refractivity contribution in [1.82, 2.24) is 10.9 Å². The second kappa shape index (κ2) is 16.2. The zero-order valence-corrected chi connectivity index (χ0v) is 13.0. The van der Waals surface area contributed by atoms with E-state index in [2.05, 4.69) is 0 Å². The van der Waals surface area contributed by atoms with E-state index < -0.39 is 11.9 Å². The monoisotopic (exact) mass is 334 g/mol. The highest BCUT2D eigenvalue weighted by molar-refractivity contribution is 5.76. The first-order valence-electron chi connectivity index (χ1n) is 7.26. The molecular formula is C13H26N4O6. The molecule has 2 amide bonds. The van der Waals surface area contributed by atoms with Crippen LogP contribution in [0.2, 0.25) is 0 Å². The molecule has 0 aliphatic carbocycles. The molecule has 0 aromatic carbocycles. The van der Waals surface area contributed by atoms with E-state index in [1.165, 1.54) is 0 Å². The molecule has 10 nitrogen and oxygen atoms in total. The van der Waals surface area contributed by atoms with Crippen molar-refractivity contribution in [3.05, 3.63) is 0 Å². The van der Waals surface area contributed by atoms with E-state index in [0.29, 0.717) is 44.9 Å². The molecule has 0 bridgehead atoms. The van der Waals surface area contributed by atoms with Crippen molar-refractivity contribution in [2.45, 2.75) is 57.8 Å². The van der Waals surface area contributed by atoms with Gasteiger partial charge in [0, 0.05) is 25.7 Å². The Bertz CT molecular complexity index is 341. The van der Waals surface area contributed by atoms with Crippen LogP contribution < -0.4 is 22.5 Å². The van der Waals surface area contributed by atoms with Crippen LogP contribution in [0.15, 0.2) is 0 Å². The Kier molecular flexibility index (Phi) is 16.2. The zero-order valence-electron chi connectivity index (χ0n) is 13.0. The van der Waals surface area contributed by atoms with Gasteiger partial charge in [0.25, 0.3) is 0 Å². The number of nitrogens with one attached hydrogen (secondary N) is 2. The summed E-state index contributed by atoms with van der Waals surface area (Å²) in [6.07, 6.45) is 4.05. The number of carbonyl (C=O) groups excluding carboxylic acids is 2. The van der Waals surface area contributed by atoms with Crippen LogP contribution in [0.4, 0.5) is 0 Å². The molecule has 0 heterocycles. The van der Waals surface area contributed by atoms with E-state index in [9.17, 15) is 19.2 Å². The fraction of sp³-hybridized carbons (Fsp3) is 0.692. The third-order valence-corrected chi connectivity index (χ3v) is 2.66. The minimum atomic E-state index is -0.819. The average Bonchev–Trinajstić information content (AvgIpc) is 2.50. The van der Waals surface area contributed by atoms with Gasteiger partial charge in [0.05, 0.1) is 0 Å². The second-order valence-electron chi connectivity index (χ2n) is 4.69. The number of carboxylic acid groups (broad SMARTS) is 2. The SMILES string of the molecule is NNC(=O)CCCCC(=O)NN.O=C(O)CCCCCC(=O)O. The molecule has 0 saturated carbocycles. The highest BCUT2D eigenvalue weighted by Crippen LogP contribution is 2.02. The molecule has 0 aromatic heterocycles. The summed E-state index contributed by atoms with van der Waals surface area (Å²) in [7, 11) is 0. The molecule has 0 rings (SSSR count). The fourth-order valence-corrected chi connectivity index (χ4v) is 1.44. The molecule has 0 fully saturated rings. The van der Waals surface area contributed by atoms with E-state index in [-0.39, 0.29) is 24.7 Å². The van der Waals surface area contributed by atoms with Crippen LogP contribution in [0.25, 0.3) is 0 Å². The van der Waals surface area contributed by atoms with Crippen LogP contribution in [-0.4, -0.2) is 34.0 Å². The normalized spacial score (nSPS) is 9.30. The topological polar surface area (TPSA) is 185 Å². The highest BCUT2D eigenvalue weighted by Gasteiger charge is 2.00. The largest absolute Gasteiger partial charge is 0.481 e. The lowest BCUT2D eigenvalue weighted by Gasteiger charge is -1.99. The van der Waals surface area contributed by atoms with Gasteiger partial charge in [0.15, 0.2) is 0 Å². The van der Waals surface area contributed by atoms with Crippen molar-refractivity contribution in [3.63, 3.8) is 0 Å². The number of nitrogens with two attached hydrogens (primary N) is 2. The van der Waals surface area contributed by atoms with Crippen molar-refractivity contribution >= 4 is 23.8 Å². The Labute approximate surface area is 134 Å². The molecule has 0 aliphatic rings. The van der Waals surface area contributed by atoms with E-state index in [4.69, 9.17) is 21.9 Å².